The van der Waals surface area contributed by atoms with Crippen molar-refractivity contribution in [1.29, 1.82) is 5.41 Å². The standard InChI is InChI=1S/C12H19N5S/c1-2-6-16-12(18)17(11(13)14)9-5-10-3-7-15-8-4-10/h3-4,7-8H,2,5-6,9H2,1H3,(H3,13,14)(H,16,18). The molecule has 0 radical (unpaired) electrons. The van der Waals surface area contributed by atoms with E-state index in [2.05, 4.69) is 17.2 Å². The molecule has 1 aromatic heterocycles. The summed E-state index contributed by atoms with van der Waals surface area (Å²) in [4.78, 5) is 5.57. The fourth-order valence-corrected chi connectivity index (χ4v) is 1.74. The van der Waals surface area contributed by atoms with Crippen LogP contribution in [-0.4, -0.2) is 34.0 Å². The van der Waals surface area contributed by atoms with Crippen LogP contribution in [0.25, 0.3) is 0 Å². The molecule has 0 spiro atoms. The van der Waals surface area contributed by atoms with Crippen molar-refractivity contribution < 1.29 is 0 Å². The molecular weight excluding hydrogens is 246 g/mol. The molecule has 6 heteroatoms. The lowest BCUT2D eigenvalue weighted by molar-refractivity contribution is 0.577. The van der Waals surface area contributed by atoms with Crippen LogP contribution in [0.5, 0.6) is 0 Å². The number of nitrogens with zero attached hydrogens (tertiary/aromatic N) is 2. The van der Waals surface area contributed by atoms with Gasteiger partial charge < -0.3 is 11.1 Å². The third-order valence-corrected chi connectivity index (χ3v) is 2.80. The summed E-state index contributed by atoms with van der Waals surface area (Å²) in [5, 5.41) is 11.1. The molecule has 1 rings (SSSR count). The van der Waals surface area contributed by atoms with Crippen LogP contribution < -0.4 is 11.1 Å². The number of guanidine groups is 1. The summed E-state index contributed by atoms with van der Waals surface area (Å²) in [6.45, 7) is 3.44. The van der Waals surface area contributed by atoms with Gasteiger partial charge in [0, 0.05) is 25.5 Å². The summed E-state index contributed by atoms with van der Waals surface area (Å²) >= 11 is 5.21. The molecule has 0 aliphatic carbocycles. The Balaban J connectivity index is 2.53. The SMILES string of the molecule is CCCNC(=S)N(CCc1ccncc1)C(=N)N. The molecule has 0 aliphatic heterocycles. The maximum atomic E-state index is 7.55. The molecule has 4 N–H and O–H groups in total. The summed E-state index contributed by atoms with van der Waals surface area (Å²) in [6, 6.07) is 3.89. The first-order valence-electron chi connectivity index (χ1n) is 5.93. The van der Waals surface area contributed by atoms with Crippen LogP contribution in [0, 0.1) is 5.41 Å². The van der Waals surface area contributed by atoms with E-state index in [1.807, 2.05) is 12.1 Å². The second-order valence-electron chi connectivity index (χ2n) is 3.87. The Bertz CT molecular complexity index is 393. The molecule has 1 heterocycles. The average Bonchev–Trinajstić information content (AvgIpc) is 2.37. The Morgan fingerprint density at radius 2 is 2.17 bits per heavy atom. The van der Waals surface area contributed by atoms with E-state index in [0.717, 1.165) is 24.9 Å². The zero-order valence-electron chi connectivity index (χ0n) is 10.5. The number of nitrogens with two attached hydrogens (primary N) is 1. The van der Waals surface area contributed by atoms with Gasteiger partial charge in [-0.2, -0.15) is 0 Å². The highest BCUT2D eigenvalue weighted by Gasteiger charge is 2.11. The molecule has 0 aromatic carbocycles. The molecule has 18 heavy (non-hydrogen) atoms. The molecule has 0 saturated carbocycles. The zero-order valence-corrected chi connectivity index (χ0v) is 11.3. The smallest absolute Gasteiger partial charge is 0.194 e. The van der Waals surface area contributed by atoms with Gasteiger partial charge in [-0.05, 0) is 42.8 Å². The third kappa shape index (κ3) is 4.67. The maximum absolute atomic E-state index is 7.55. The van der Waals surface area contributed by atoms with E-state index in [9.17, 15) is 0 Å². The number of pyridine rings is 1. The van der Waals surface area contributed by atoms with Crippen LogP contribution in [0.2, 0.25) is 0 Å². The fraction of sp³-hybridized carbons (Fsp3) is 0.417. The summed E-state index contributed by atoms with van der Waals surface area (Å²) < 4.78 is 0. The molecule has 98 valence electrons. The molecule has 0 saturated heterocycles. The van der Waals surface area contributed by atoms with Gasteiger partial charge in [-0.3, -0.25) is 15.3 Å². The number of thiocarbonyl (C=S) groups is 1. The number of aromatic nitrogens is 1. The van der Waals surface area contributed by atoms with Gasteiger partial charge in [-0.1, -0.05) is 6.92 Å². The topological polar surface area (TPSA) is 78.0 Å². The van der Waals surface area contributed by atoms with E-state index in [1.165, 1.54) is 0 Å². The minimum atomic E-state index is -0.0299. The van der Waals surface area contributed by atoms with Crippen molar-refractivity contribution in [2.24, 2.45) is 5.73 Å². The fourth-order valence-electron chi connectivity index (χ4n) is 1.45. The summed E-state index contributed by atoms with van der Waals surface area (Å²) in [6.07, 6.45) is 5.26. The van der Waals surface area contributed by atoms with E-state index in [4.69, 9.17) is 23.4 Å². The second-order valence-corrected chi connectivity index (χ2v) is 4.26. The van der Waals surface area contributed by atoms with Gasteiger partial charge in [-0.15, -0.1) is 0 Å². The van der Waals surface area contributed by atoms with Gasteiger partial charge >= 0.3 is 0 Å². The highest BCUT2D eigenvalue weighted by molar-refractivity contribution is 7.80. The van der Waals surface area contributed by atoms with Crippen molar-refractivity contribution in [3.05, 3.63) is 30.1 Å². The minimum Gasteiger partial charge on any atom is -0.370 e. The Kier molecular flexibility index (Phi) is 6.07. The van der Waals surface area contributed by atoms with Crippen LogP contribution in [-0.2, 0) is 6.42 Å². The van der Waals surface area contributed by atoms with Gasteiger partial charge in [0.15, 0.2) is 11.1 Å². The lowest BCUT2D eigenvalue weighted by Gasteiger charge is -2.23. The monoisotopic (exact) mass is 265 g/mol. The van der Waals surface area contributed by atoms with Gasteiger partial charge in [0.1, 0.15) is 0 Å². The predicted octanol–water partition coefficient (Wildman–Crippen LogP) is 1.10. The van der Waals surface area contributed by atoms with Gasteiger partial charge in [0.25, 0.3) is 0 Å². The number of hydrogen-bond donors (Lipinski definition) is 3. The molecule has 5 nitrogen and oxygen atoms in total. The Morgan fingerprint density at radius 3 is 2.72 bits per heavy atom. The maximum Gasteiger partial charge on any atom is 0.194 e. The highest BCUT2D eigenvalue weighted by Crippen LogP contribution is 2.00. The molecule has 0 amide bonds. The summed E-state index contributed by atoms with van der Waals surface area (Å²) in [7, 11) is 0. The lowest BCUT2D eigenvalue weighted by atomic mass is 10.2. The first-order valence-corrected chi connectivity index (χ1v) is 6.34. The van der Waals surface area contributed by atoms with Crippen molar-refractivity contribution >= 4 is 23.3 Å². The van der Waals surface area contributed by atoms with Crippen LogP contribution in [0.4, 0.5) is 0 Å². The van der Waals surface area contributed by atoms with Crippen LogP contribution >= 0.6 is 12.2 Å². The molecule has 0 aliphatic rings. The van der Waals surface area contributed by atoms with Crippen molar-refractivity contribution in [2.45, 2.75) is 19.8 Å². The molecule has 0 unspecified atom stereocenters. The van der Waals surface area contributed by atoms with Crippen LogP contribution in [0.1, 0.15) is 18.9 Å². The average molecular weight is 265 g/mol. The minimum absolute atomic E-state index is 0.0299. The van der Waals surface area contributed by atoms with E-state index in [0.29, 0.717) is 11.7 Å². The Hall–Kier alpha value is -1.69. The quantitative estimate of drug-likeness (QED) is 0.422. The number of rotatable bonds is 5. The van der Waals surface area contributed by atoms with E-state index in [1.54, 1.807) is 17.3 Å². The number of nitrogens with one attached hydrogen (secondary N) is 2. The molecular formula is C12H19N5S. The highest BCUT2D eigenvalue weighted by atomic mass is 32.1. The third-order valence-electron chi connectivity index (χ3n) is 2.44. The van der Waals surface area contributed by atoms with Gasteiger partial charge in [0.2, 0.25) is 0 Å². The van der Waals surface area contributed by atoms with Gasteiger partial charge in [0.05, 0.1) is 0 Å². The van der Waals surface area contributed by atoms with Crippen molar-refractivity contribution in [1.82, 2.24) is 15.2 Å². The Morgan fingerprint density at radius 1 is 1.50 bits per heavy atom. The molecule has 0 atom stereocenters. The Labute approximate surface area is 113 Å². The van der Waals surface area contributed by atoms with E-state index < -0.39 is 0 Å². The molecule has 1 aromatic rings. The van der Waals surface area contributed by atoms with E-state index >= 15 is 0 Å². The van der Waals surface area contributed by atoms with Crippen LogP contribution in [0.15, 0.2) is 24.5 Å². The lowest BCUT2D eigenvalue weighted by Crippen LogP contribution is -2.47. The van der Waals surface area contributed by atoms with Crippen molar-refractivity contribution in [2.75, 3.05) is 13.1 Å². The zero-order chi connectivity index (χ0) is 13.4. The first-order chi connectivity index (χ1) is 8.65. The predicted molar refractivity (Wildman–Crippen MR) is 77.5 cm³/mol. The summed E-state index contributed by atoms with van der Waals surface area (Å²) in [5.41, 5.74) is 6.69. The van der Waals surface area contributed by atoms with Crippen LogP contribution in [0.3, 0.4) is 0 Å². The normalized spacial score (nSPS) is 9.83. The first kappa shape index (κ1) is 14.4. The van der Waals surface area contributed by atoms with Gasteiger partial charge in [-0.25, -0.2) is 0 Å². The van der Waals surface area contributed by atoms with E-state index in [-0.39, 0.29) is 5.96 Å². The largest absolute Gasteiger partial charge is 0.370 e. The molecule has 0 fully saturated rings. The summed E-state index contributed by atoms with van der Waals surface area (Å²) in [5.74, 6) is -0.0299. The molecule has 0 bridgehead atoms. The number of hydrogen-bond acceptors (Lipinski definition) is 3. The van der Waals surface area contributed by atoms with Crippen molar-refractivity contribution in [3.8, 4) is 0 Å². The second kappa shape index (κ2) is 7.60. The van der Waals surface area contributed by atoms with Crippen molar-refractivity contribution in [3.63, 3.8) is 0 Å².